The Kier molecular flexibility index (Phi) is 11.5. The van der Waals surface area contributed by atoms with Crippen LogP contribution in [0.15, 0.2) is 30.3 Å². The van der Waals surface area contributed by atoms with E-state index in [0.717, 1.165) is 5.56 Å². The minimum Gasteiger partial charge on any atom is -0.447 e. The van der Waals surface area contributed by atoms with Gasteiger partial charge >= 0.3 is 6.09 Å². The molecule has 1 heterocycles. The Bertz CT molecular complexity index is 1130. The van der Waals surface area contributed by atoms with Gasteiger partial charge in [-0.25, -0.2) is 9.18 Å². The number of hydrogen-bond acceptors (Lipinski definition) is 6. The molecule has 3 N–H and O–H groups in total. The Balaban J connectivity index is 1.79. The largest absolute Gasteiger partial charge is 0.447 e. The molecule has 1 aliphatic carbocycles. The van der Waals surface area contributed by atoms with E-state index in [1.165, 1.54) is 4.90 Å². The highest BCUT2D eigenvalue weighted by Crippen LogP contribution is 2.44. The second-order valence-corrected chi connectivity index (χ2v) is 12.0. The van der Waals surface area contributed by atoms with Gasteiger partial charge < -0.3 is 25.6 Å². The third-order valence-electron chi connectivity index (χ3n) is 8.12. The lowest BCUT2D eigenvalue weighted by molar-refractivity contribution is -0.144. The quantitative estimate of drug-likeness (QED) is 0.320. The molecule has 1 aromatic carbocycles. The van der Waals surface area contributed by atoms with E-state index in [-0.39, 0.29) is 25.3 Å². The Morgan fingerprint density at radius 2 is 1.62 bits per heavy atom. The van der Waals surface area contributed by atoms with Crippen LogP contribution in [0.2, 0.25) is 0 Å². The average molecular weight is 589 g/mol. The number of fused-ring (bicyclic) bond motifs is 1. The summed E-state index contributed by atoms with van der Waals surface area (Å²) in [7, 11) is 0. The van der Waals surface area contributed by atoms with Crippen molar-refractivity contribution >= 4 is 29.6 Å². The molecule has 0 bridgehead atoms. The van der Waals surface area contributed by atoms with Gasteiger partial charge in [-0.15, -0.1) is 0 Å². The Hall–Kier alpha value is -3.50. The molecule has 1 saturated carbocycles. The number of nitrogens with one attached hydrogen (secondary N) is 3. The van der Waals surface area contributed by atoms with Crippen molar-refractivity contribution in [3.63, 3.8) is 0 Å². The standard InChI is InChI=1S/C31H45FN4O6/c1-7-11-24(27(37)29(39)33-19(6)20-12-9-8-10-13-20)34-28(38)26-21-14-15-23(32)22(21)16-36(26)30(40)25(17(2)3)35-31(41)42-18(4)5/h8-10,12-13,17-19,21-26H,7,11,14-16H2,1-6H3,(H,33,39)(H,34,38)(H,35,41)/t19-,21+,22+,23+,24?,25+,26?/m1/s1. The topological polar surface area (TPSA) is 134 Å². The summed E-state index contributed by atoms with van der Waals surface area (Å²) in [5.74, 6) is -4.03. The molecule has 42 heavy (non-hydrogen) atoms. The van der Waals surface area contributed by atoms with Crippen molar-refractivity contribution in [1.82, 2.24) is 20.9 Å². The second kappa shape index (κ2) is 14.6. The smallest absolute Gasteiger partial charge is 0.408 e. The van der Waals surface area contributed by atoms with Crippen LogP contribution < -0.4 is 16.0 Å². The number of halogens is 1. The number of Topliss-reactive ketones (excluding diaryl/α,β-unsaturated/α-hetero) is 1. The fourth-order valence-electron chi connectivity index (χ4n) is 5.96. The molecule has 0 radical (unpaired) electrons. The number of alkyl halides is 1. The Labute approximate surface area is 247 Å². The van der Waals surface area contributed by atoms with Crippen LogP contribution in [0.25, 0.3) is 0 Å². The van der Waals surface area contributed by atoms with Crippen LogP contribution in [0.4, 0.5) is 9.18 Å². The molecular weight excluding hydrogens is 543 g/mol. The Morgan fingerprint density at radius 3 is 2.21 bits per heavy atom. The van der Waals surface area contributed by atoms with Gasteiger partial charge in [0.05, 0.1) is 18.2 Å². The zero-order chi connectivity index (χ0) is 31.1. The third kappa shape index (κ3) is 7.86. The summed E-state index contributed by atoms with van der Waals surface area (Å²) >= 11 is 0. The van der Waals surface area contributed by atoms with Crippen LogP contribution in [-0.2, 0) is 23.9 Å². The monoisotopic (exact) mass is 588 g/mol. The summed E-state index contributed by atoms with van der Waals surface area (Å²) < 4.78 is 20.0. The van der Waals surface area contributed by atoms with Crippen molar-refractivity contribution in [2.24, 2.45) is 17.8 Å². The van der Waals surface area contributed by atoms with Crippen LogP contribution in [0, 0.1) is 17.8 Å². The molecule has 7 atom stereocenters. The van der Waals surface area contributed by atoms with E-state index < -0.39 is 77.9 Å². The molecule has 2 unspecified atom stereocenters. The molecule has 1 saturated heterocycles. The van der Waals surface area contributed by atoms with Gasteiger partial charge in [0.2, 0.25) is 17.6 Å². The number of amides is 4. The number of carbonyl (C=O) groups is 5. The van der Waals surface area contributed by atoms with Crippen LogP contribution in [0.1, 0.15) is 78.8 Å². The van der Waals surface area contributed by atoms with E-state index in [1.54, 1.807) is 34.6 Å². The summed E-state index contributed by atoms with van der Waals surface area (Å²) in [6.07, 6.45) is -0.903. The van der Waals surface area contributed by atoms with E-state index in [2.05, 4.69) is 16.0 Å². The summed E-state index contributed by atoms with van der Waals surface area (Å²) in [5, 5.41) is 8.03. The van der Waals surface area contributed by atoms with Gasteiger partial charge in [0, 0.05) is 12.5 Å². The van der Waals surface area contributed by atoms with E-state index in [1.807, 2.05) is 37.3 Å². The van der Waals surface area contributed by atoms with Gasteiger partial charge in [0.1, 0.15) is 18.3 Å². The van der Waals surface area contributed by atoms with Gasteiger partial charge in [0.25, 0.3) is 5.91 Å². The highest BCUT2D eigenvalue weighted by Gasteiger charge is 2.54. The maximum absolute atomic E-state index is 14.9. The summed E-state index contributed by atoms with van der Waals surface area (Å²) in [6, 6.07) is 5.63. The summed E-state index contributed by atoms with van der Waals surface area (Å²) in [4.78, 5) is 67.4. The minimum atomic E-state index is -1.17. The molecule has 0 spiro atoms. The minimum absolute atomic E-state index is 0.0222. The van der Waals surface area contributed by atoms with Crippen molar-refractivity contribution < 1.29 is 33.1 Å². The average Bonchev–Trinajstić information content (AvgIpc) is 3.49. The van der Waals surface area contributed by atoms with Gasteiger partial charge in [-0.1, -0.05) is 57.5 Å². The number of alkyl carbamates (subject to hydrolysis) is 1. The zero-order valence-corrected chi connectivity index (χ0v) is 25.4. The van der Waals surface area contributed by atoms with Crippen molar-refractivity contribution in [2.75, 3.05) is 6.54 Å². The van der Waals surface area contributed by atoms with Crippen molar-refractivity contribution in [1.29, 1.82) is 0 Å². The molecule has 2 fully saturated rings. The fourth-order valence-corrected chi connectivity index (χ4v) is 5.96. The van der Waals surface area contributed by atoms with Crippen molar-refractivity contribution in [3.8, 4) is 0 Å². The lowest BCUT2D eigenvalue weighted by Crippen LogP contribution is -2.58. The highest BCUT2D eigenvalue weighted by atomic mass is 19.1. The second-order valence-electron chi connectivity index (χ2n) is 12.0. The van der Waals surface area contributed by atoms with E-state index in [4.69, 9.17) is 4.74 Å². The normalized spacial score (nSPS) is 23.6. The predicted octanol–water partition coefficient (Wildman–Crippen LogP) is 3.45. The van der Waals surface area contributed by atoms with Crippen LogP contribution in [0.3, 0.4) is 0 Å². The lowest BCUT2D eigenvalue weighted by Gasteiger charge is -2.32. The van der Waals surface area contributed by atoms with Crippen LogP contribution >= 0.6 is 0 Å². The number of benzene rings is 1. The molecule has 2 aliphatic rings. The number of hydrogen-bond donors (Lipinski definition) is 3. The van der Waals surface area contributed by atoms with Crippen LogP contribution in [-0.4, -0.2) is 71.4 Å². The first kappa shape index (κ1) is 33.0. The molecule has 4 amide bonds. The number of carbonyl (C=O) groups excluding carboxylic acids is 5. The molecule has 3 rings (SSSR count). The first-order valence-electron chi connectivity index (χ1n) is 15.0. The SMILES string of the molecule is CCCC(NC(=O)C1[C@H]2CC[C@H](F)[C@H]2CN1C(=O)[C@@H](NC(=O)OC(C)C)C(C)C)C(=O)C(=O)N[C@H](C)c1ccccc1. The lowest BCUT2D eigenvalue weighted by atomic mass is 9.92. The predicted molar refractivity (Wildman–Crippen MR) is 155 cm³/mol. The van der Waals surface area contributed by atoms with E-state index >= 15 is 0 Å². The molecular formula is C31H45FN4O6. The number of likely N-dealkylation sites (tertiary alicyclic amines) is 1. The molecule has 10 nitrogen and oxygen atoms in total. The zero-order valence-electron chi connectivity index (χ0n) is 25.4. The first-order chi connectivity index (χ1) is 19.8. The summed E-state index contributed by atoms with van der Waals surface area (Å²) in [6.45, 7) is 10.5. The van der Waals surface area contributed by atoms with E-state index in [9.17, 15) is 28.4 Å². The fraction of sp³-hybridized carbons (Fsp3) is 0.645. The van der Waals surface area contributed by atoms with Gasteiger partial charge in [0.15, 0.2) is 0 Å². The number of rotatable bonds is 12. The maximum atomic E-state index is 14.9. The highest BCUT2D eigenvalue weighted by molar-refractivity contribution is 6.38. The van der Waals surface area contributed by atoms with Crippen LogP contribution in [0.5, 0.6) is 0 Å². The molecule has 11 heteroatoms. The number of ether oxygens (including phenoxy) is 1. The van der Waals surface area contributed by atoms with Crippen molar-refractivity contribution in [3.05, 3.63) is 35.9 Å². The molecule has 0 aromatic heterocycles. The maximum Gasteiger partial charge on any atom is 0.408 e. The van der Waals surface area contributed by atoms with Gasteiger partial charge in [-0.2, -0.15) is 0 Å². The van der Waals surface area contributed by atoms with Crippen molar-refractivity contribution in [2.45, 2.75) is 104 Å². The van der Waals surface area contributed by atoms with Gasteiger partial charge in [-0.05, 0) is 57.4 Å². The van der Waals surface area contributed by atoms with E-state index in [0.29, 0.717) is 12.8 Å². The number of ketones is 1. The molecule has 1 aromatic rings. The molecule has 232 valence electrons. The molecule has 1 aliphatic heterocycles. The third-order valence-corrected chi connectivity index (χ3v) is 8.12. The number of nitrogens with zero attached hydrogens (tertiary/aromatic N) is 1. The first-order valence-corrected chi connectivity index (χ1v) is 15.0. The Morgan fingerprint density at radius 1 is 0.952 bits per heavy atom. The van der Waals surface area contributed by atoms with Gasteiger partial charge in [-0.3, -0.25) is 19.2 Å². The summed E-state index contributed by atoms with van der Waals surface area (Å²) in [5.41, 5.74) is 0.827.